The summed E-state index contributed by atoms with van der Waals surface area (Å²) in [6.45, 7) is 2.04. The summed E-state index contributed by atoms with van der Waals surface area (Å²) in [5, 5.41) is 12.1. The third-order valence-corrected chi connectivity index (χ3v) is 4.16. The highest BCUT2D eigenvalue weighted by atomic mass is 79.9. The molecule has 1 unspecified atom stereocenters. The standard InChI is InChI=1S/C13H13BrOS/c1-9-3-2-4-10(5-9)13(15)7-12-6-11(14)8-16-12/h2-6,8,13,15H,7H2,1H3. The largest absolute Gasteiger partial charge is 0.388 e. The van der Waals surface area contributed by atoms with Crippen LogP contribution in [0.2, 0.25) is 0 Å². The molecule has 2 rings (SSSR count). The van der Waals surface area contributed by atoms with Gasteiger partial charge < -0.3 is 5.11 Å². The lowest BCUT2D eigenvalue weighted by Gasteiger charge is -2.10. The van der Waals surface area contributed by atoms with E-state index in [2.05, 4.69) is 22.0 Å². The van der Waals surface area contributed by atoms with Gasteiger partial charge in [-0.2, -0.15) is 0 Å². The van der Waals surface area contributed by atoms with Crippen molar-refractivity contribution in [3.8, 4) is 0 Å². The highest BCUT2D eigenvalue weighted by Crippen LogP contribution is 2.25. The first-order chi connectivity index (χ1) is 7.65. The van der Waals surface area contributed by atoms with Crippen molar-refractivity contribution in [2.24, 2.45) is 0 Å². The zero-order chi connectivity index (χ0) is 11.5. The molecule has 0 saturated carbocycles. The van der Waals surface area contributed by atoms with Gasteiger partial charge in [0.15, 0.2) is 0 Å². The summed E-state index contributed by atoms with van der Waals surface area (Å²) in [5.74, 6) is 0. The second kappa shape index (κ2) is 5.13. The van der Waals surface area contributed by atoms with Crippen LogP contribution < -0.4 is 0 Å². The van der Waals surface area contributed by atoms with Crippen LogP contribution >= 0.6 is 27.3 Å². The van der Waals surface area contributed by atoms with Crippen LogP contribution in [0.25, 0.3) is 0 Å². The molecule has 0 saturated heterocycles. The Labute approximate surface area is 108 Å². The van der Waals surface area contributed by atoms with Gasteiger partial charge in [-0.25, -0.2) is 0 Å². The van der Waals surface area contributed by atoms with Crippen molar-refractivity contribution in [1.82, 2.24) is 0 Å². The molecule has 0 aliphatic rings. The van der Waals surface area contributed by atoms with Gasteiger partial charge in [0.2, 0.25) is 0 Å². The van der Waals surface area contributed by atoms with Gasteiger partial charge in [0, 0.05) is 21.2 Å². The summed E-state index contributed by atoms with van der Waals surface area (Å²) in [5.41, 5.74) is 2.17. The molecule has 0 amide bonds. The summed E-state index contributed by atoms with van der Waals surface area (Å²) in [7, 11) is 0. The maximum absolute atomic E-state index is 10.1. The lowest BCUT2D eigenvalue weighted by Crippen LogP contribution is -2.00. The molecule has 3 heteroatoms. The molecule has 0 bridgehead atoms. The fraction of sp³-hybridized carbons (Fsp3) is 0.231. The maximum Gasteiger partial charge on any atom is 0.0838 e. The van der Waals surface area contributed by atoms with Crippen molar-refractivity contribution in [3.63, 3.8) is 0 Å². The Kier molecular flexibility index (Phi) is 3.79. The Hall–Kier alpha value is -0.640. The second-order valence-corrected chi connectivity index (χ2v) is 5.78. The lowest BCUT2D eigenvalue weighted by molar-refractivity contribution is 0.179. The predicted octanol–water partition coefficient (Wildman–Crippen LogP) is 4.10. The number of aliphatic hydroxyl groups excluding tert-OH is 1. The summed E-state index contributed by atoms with van der Waals surface area (Å²) in [6, 6.07) is 10.1. The van der Waals surface area contributed by atoms with E-state index in [-0.39, 0.29) is 0 Å². The SMILES string of the molecule is Cc1cccc(C(O)Cc2cc(Br)cs2)c1. The van der Waals surface area contributed by atoms with Crippen LogP contribution in [0.4, 0.5) is 0 Å². The van der Waals surface area contributed by atoms with E-state index < -0.39 is 6.10 Å². The fourth-order valence-electron chi connectivity index (χ4n) is 1.65. The highest BCUT2D eigenvalue weighted by Gasteiger charge is 2.09. The molecular formula is C13H13BrOS. The molecule has 84 valence electrons. The van der Waals surface area contributed by atoms with Gasteiger partial charge in [0.1, 0.15) is 0 Å². The summed E-state index contributed by atoms with van der Waals surface area (Å²) >= 11 is 5.09. The molecule has 1 N–H and O–H groups in total. The zero-order valence-electron chi connectivity index (χ0n) is 8.98. The average molecular weight is 297 g/mol. The number of thiophene rings is 1. The van der Waals surface area contributed by atoms with Crippen molar-refractivity contribution in [1.29, 1.82) is 0 Å². The quantitative estimate of drug-likeness (QED) is 0.904. The molecule has 1 heterocycles. The molecule has 1 nitrogen and oxygen atoms in total. The number of aryl methyl sites for hydroxylation is 1. The monoisotopic (exact) mass is 296 g/mol. The number of benzene rings is 1. The minimum Gasteiger partial charge on any atom is -0.388 e. The summed E-state index contributed by atoms with van der Waals surface area (Å²) in [6.07, 6.45) is 0.269. The molecule has 16 heavy (non-hydrogen) atoms. The fourth-order valence-corrected chi connectivity index (χ4v) is 3.14. The lowest BCUT2D eigenvalue weighted by atomic mass is 10.0. The van der Waals surface area contributed by atoms with E-state index in [1.165, 1.54) is 10.4 Å². The number of halogens is 1. The van der Waals surface area contributed by atoms with Crippen molar-refractivity contribution < 1.29 is 5.11 Å². The third-order valence-electron chi connectivity index (χ3n) is 2.44. The summed E-state index contributed by atoms with van der Waals surface area (Å²) in [4.78, 5) is 1.20. The van der Waals surface area contributed by atoms with Crippen molar-refractivity contribution >= 4 is 27.3 Å². The van der Waals surface area contributed by atoms with Gasteiger partial charge in [0.25, 0.3) is 0 Å². The van der Waals surface area contributed by atoms with Gasteiger partial charge in [-0.15, -0.1) is 11.3 Å². The minimum absolute atomic E-state index is 0.412. The molecule has 1 aromatic heterocycles. The first kappa shape index (κ1) is 11.8. The Morgan fingerprint density at radius 1 is 1.38 bits per heavy atom. The molecule has 0 fully saturated rings. The van der Waals surface area contributed by atoms with Crippen molar-refractivity contribution in [2.75, 3.05) is 0 Å². The van der Waals surface area contributed by atoms with E-state index in [0.717, 1.165) is 10.0 Å². The third kappa shape index (κ3) is 2.94. The van der Waals surface area contributed by atoms with Gasteiger partial charge in [-0.1, -0.05) is 29.8 Å². The Morgan fingerprint density at radius 3 is 2.81 bits per heavy atom. The normalized spacial score (nSPS) is 12.7. The molecule has 0 spiro atoms. The van der Waals surface area contributed by atoms with Gasteiger partial charge >= 0.3 is 0 Å². The van der Waals surface area contributed by atoms with E-state index in [9.17, 15) is 5.11 Å². The zero-order valence-corrected chi connectivity index (χ0v) is 11.4. The van der Waals surface area contributed by atoms with Gasteiger partial charge in [0.05, 0.1) is 6.10 Å². The van der Waals surface area contributed by atoms with E-state index in [1.807, 2.05) is 36.6 Å². The Morgan fingerprint density at radius 2 is 2.19 bits per heavy atom. The Balaban J connectivity index is 2.11. The van der Waals surface area contributed by atoms with Crippen LogP contribution in [-0.2, 0) is 6.42 Å². The van der Waals surface area contributed by atoms with Crippen LogP contribution in [0.15, 0.2) is 40.2 Å². The maximum atomic E-state index is 10.1. The molecule has 1 atom stereocenters. The van der Waals surface area contributed by atoms with E-state index in [1.54, 1.807) is 11.3 Å². The van der Waals surface area contributed by atoms with E-state index in [0.29, 0.717) is 6.42 Å². The first-order valence-corrected chi connectivity index (χ1v) is 6.80. The van der Waals surface area contributed by atoms with Gasteiger partial charge in [-0.3, -0.25) is 0 Å². The molecule has 2 aromatic rings. The average Bonchev–Trinajstić information content (AvgIpc) is 2.64. The van der Waals surface area contributed by atoms with Crippen LogP contribution in [0.5, 0.6) is 0 Å². The van der Waals surface area contributed by atoms with Crippen LogP contribution in [0.1, 0.15) is 22.1 Å². The highest BCUT2D eigenvalue weighted by molar-refractivity contribution is 9.10. The predicted molar refractivity (Wildman–Crippen MR) is 71.9 cm³/mol. The van der Waals surface area contributed by atoms with E-state index in [4.69, 9.17) is 0 Å². The number of aliphatic hydroxyl groups is 1. The Bertz CT molecular complexity index is 478. The topological polar surface area (TPSA) is 20.2 Å². The van der Waals surface area contributed by atoms with Crippen molar-refractivity contribution in [2.45, 2.75) is 19.4 Å². The number of hydrogen-bond donors (Lipinski definition) is 1. The van der Waals surface area contributed by atoms with Crippen LogP contribution in [-0.4, -0.2) is 5.11 Å². The summed E-state index contributed by atoms with van der Waals surface area (Å²) < 4.78 is 1.09. The van der Waals surface area contributed by atoms with Gasteiger partial charge in [-0.05, 0) is 34.5 Å². The molecule has 0 aliphatic heterocycles. The molecular weight excluding hydrogens is 284 g/mol. The van der Waals surface area contributed by atoms with Crippen molar-refractivity contribution in [3.05, 3.63) is 56.2 Å². The number of hydrogen-bond acceptors (Lipinski definition) is 2. The smallest absolute Gasteiger partial charge is 0.0838 e. The van der Waals surface area contributed by atoms with Crippen LogP contribution in [0, 0.1) is 6.92 Å². The minimum atomic E-state index is -0.412. The van der Waals surface area contributed by atoms with E-state index >= 15 is 0 Å². The van der Waals surface area contributed by atoms with Crippen LogP contribution in [0.3, 0.4) is 0 Å². The second-order valence-electron chi connectivity index (χ2n) is 3.87. The molecule has 1 aromatic carbocycles. The number of rotatable bonds is 3. The molecule has 0 aliphatic carbocycles. The molecule has 0 radical (unpaired) electrons. The first-order valence-electron chi connectivity index (χ1n) is 5.12.